The molecule has 2 rings (SSSR count). The lowest BCUT2D eigenvalue weighted by atomic mass is 9.91. The van der Waals surface area contributed by atoms with Crippen molar-refractivity contribution >= 4 is 17.6 Å². The van der Waals surface area contributed by atoms with Crippen molar-refractivity contribution in [2.45, 2.75) is 12.5 Å². The fraction of sp³-hybridized carbons (Fsp3) is 0.231. The molecule has 0 bridgehead atoms. The van der Waals surface area contributed by atoms with Gasteiger partial charge in [-0.1, -0.05) is 18.2 Å². The van der Waals surface area contributed by atoms with Crippen LogP contribution in [0.3, 0.4) is 0 Å². The predicted octanol–water partition coefficient (Wildman–Crippen LogP) is 1.55. The van der Waals surface area contributed by atoms with Crippen LogP contribution in [0, 0.1) is 10.1 Å². The highest BCUT2D eigenvalue weighted by Gasteiger charge is 2.48. The summed E-state index contributed by atoms with van der Waals surface area (Å²) in [6.45, 7) is 5.10. The molecule has 0 saturated carbocycles. The van der Waals surface area contributed by atoms with Gasteiger partial charge in [-0.3, -0.25) is 19.8 Å². The standard InChI is InChI=1S/C13H13N3O4/c1-3-7-15-11(17)13(2,14-12(15)18)9-5-4-6-10(8-9)16(19)20/h3-6,8H,1,7H2,2H3,(H,14,18). The van der Waals surface area contributed by atoms with Crippen LogP contribution in [0.2, 0.25) is 0 Å². The first-order chi connectivity index (χ1) is 9.40. The van der Waals surface area contributed by atoms with E-state index in [0.29, 0.717) is 5.56 Å². The van der Waals surface area contributed by atoms with Gasteiger partial charge in [0, 0.05) is 18.7 Å². The maximum absolute atomic E-state index is 12.3. The number of benzene rings is 1. The van der Waals surface area contributed by atoms with E-state index >= 15 is 0 Å². The van der Waals surface area contributed by atoms with Crippen LogP contribution < -0.4 is 5.32 Å². The molecule has 1 aromatic carbocycles. The van der Waals surface area contributed by atoms with Crippen LogP contribution in [0.15, 0.2) is 36.9 Å². The van der Waals surface area contributed by atoms with Crippen LogP contribution in [0.1, 0.15) is 12.5 Å². The maximum atomic E-state index is 12.3. The van der Waals surface area contributed by atoms with Gasteiger partial charge in [0.25, 0.3) is 11.6 Å². The van der Waals surface area contributed by atoms with E-state index in [1.54, 1.807) is 6.07 Å². The first-order valence-corrected chi connectivity index (χ1v) is 5.90. The smallest absolute Gasteiger partial charge is 0.319 e. The van der Waals surface area contributed by atoms with Gasteiger partial charge in [0.15, 0.2) is 0 Å². The Hall–Kier alpha value is -2.70. The molecule has 7 heteroatoms. The van der Waals surface area contributed by atoms with Crippen LogP contribution in [-0.2, 0) is 10.3 Å². The zero-order chi connectivity index (χ0) is 14.9. The van der Waals surface area contributed by atoms with Gasteiger partial charge in [0.05, 0.1) is 4.92 Å². The van der Waals surface area contributed by atoms with Gasteiger partial charge in [-0.05, 0) is 12.5 Å². The zero-order valence-electron chi connectivity index (χ0n) is 10.8. The van der Waals surface area contributed by atoms with Gasteiger partial charge in [-0.2, -0.15) is 0 Å². The highest BCUT2D eigenvalue weighted by Crippen LogP contribution is 2.30. The molecule has 7 nitrogen and oxygen atoms in total. The SMILES string of the molecule is C=CCN1C(=O)NC(C)(c2cccc([N+](=O)[O-])c2)C1=O. The molecule has 0 spiro atoms. The lowest BCUT2D eigenvalue weighted by Crippen LogP contribution is -2.40. The summed E-state index contributed by atoms with van der Waals surface area (Å²) < 4.78 is 0. The number of hydrogen-bond acceptors (Lipinski definition) is 4. The molecule has 1 heterocycles. The maximum Gasteiger partial charge on any atom is 0.325 e. The second kappa shape index (κ2) is 4.76. The Kier molecular flexibility index (Phi) is 3.27. The van der Waals surface area contributed by atoms with Crippen molar-refractivity contribution in [1.29, 1.82) is 0 Å². The van der Waals surface area contributed by atoms with Crippen molar-refractivity contribution < 1.29 is 14.5 Å². The molecule has 0 aliphatic carbocycles. The minimum Gasteiger partial charge on any atom is -0.319 e. The quantitative estimate of drug-likeness (QED) is 0.390. The molecule has 1 atom stereocenters. The van der Waals surface area contributed by atoms with Crippen molar-refractivity contribution in [3.05, 3.63) is 52.6 Å². The van der Waals surface area contributed by atoms with Gasteiger partial charge in [0.1, 0.15) is 5.54 Å². The summed E-state index contributed by atoms with van der Waals surface area (Å²) in [6, 6.07) is 5.13. The lowest BCUT2D eigenvalue weighted by Gasteiger charge is -2.21. The Bertz CT molecular complexity index is 613. The van der Waals surface area contributed by atoms with E-state index in [-0.39, 0.29) is 12.2 Å². The summed E-state index contributed by atoms with van der Waals surface area (Å²) in [6.07, 6.45) is 1.44. The number of carbonyl (C=O) groups excluding carboxylic acids is 2. The number of rotatable bonds is 4. The first kappa shape index (κ1) is 13.7. The number of hydrogen-bond donors (Lipinski definition) is 1. The molecular weight excluding hydrogens is 262 g/mol. The van der Waals surface area contributed by atoms with Crippen LogP contribution >= 0.6 is 0 Å². The van der Waals surface area contributed by atoms with Crippen LogP contribution in [0.4, 0.5) is 10.5 Å². The van der Waals surface area contributed by atoms with E-state index in [2.05, 4.69) is 11.9 Å². The van der Waals surface area contributed by atoms with Crippen molar-refractivity contribution in [3.63, 3.8) is 0 Å². The minimum absolute atomic E-state index is 0.0924. The van der Waals surface area contributed by atoms with Crippen molar-refractivity contribution in [3.8, 4) is 0 Å². The molecule has 1 fully saturated rings. The zero-order valence-corrected chi connectivity index (χ0v) is 10.8. The number of nitro benzene ring substituents is 1. The van der Waals surface area contributed by atoms with Crippen molar-refractivity contribution in [1.82, 2.24) is 10.2 Å². The highest BCUT2D eigenvalue weighted by molar-refractivity contribution is 6.07. The number of nitrogens with zero attached hydrogens (tertiary/aromatic N) is 2. The van der Waals surface area contributed by atoms with E-state index in [9.17, 15) is 19.7 Å². The van der Waals surface area contributed by atoms with Gasteiger partial charge in [0.2, 0.25) is 0 Å². The third-order valence-electron chi connectivity index (χ3n) is 3.22. The fourth-order valence-corrected chi connectivity index (χ4v) is 2.12. The molecule has 0 aromatic heterocycles. The van der Waals surface area contributed by atoms with E-state index < -0.39 is 22.4 Å². The largest absolute Gasteiger partial charge is 0.325 e. The average Bonchev–Trinajstić information content (AvgIpc) is 2.64. The summed E-state index contributed by atoms with van der Waals surface area (Å²) in [7, 11) is 0. The Morgan fingerprint density at radius 2 is 2.20 bits per heavy atom. The monoisotopic (exact) mass is 275 g/mol. The molecule has 1 aliphatic rings. The molecule has 1 saturated heterocycles. The topological polar surface area (TPSA) is 92.6 Å². The third-order valence-corrected chi connectivity index (χ3v) is 3.22. The molecule has 3 amide bonds. The molecular formula is C13H13N3O4. The Labute approximate surface area is 115 Å². The van der Waals surface area contributed by atoms with E-state index in [4.69, 9.17) is 0 Å². The van der Waals surface area contributed by atoms with Crippen LogP contribution in [-0.4, -0.2) is 28.3 Å². The molecule has 1 aliphatic heterocycles. The molecule has 104 valence electrons. The Morgan fingerprint density at radius 3 is 2.80 bits per heavy atom. The lowest BCUT2D eigenvalue weighted by molar-refractivity contribution is -0.385. The fourth-order valence-electron chi connectivity index (χ4n) is 2.12. The second-order valence-corrected chi connectivity index (χ2v) is 4.57. The number of non-ortho nitro benzene ring substituents is 1. The number of amides is 3. The van der Waals surface area contributed by atoms with E-state index in [1.165, 1.54) is 31.2 Å². The summed E-state index contributed by atoms with van der Waals surface area (Å²) in [5, 5.41) is 13.4. The number of urea groups is 1. The normalized spacial score (nSPS) is 21.8. The summed E-state index contributed by atoms with van der Waals surface area (Å²) in [5.74, 6) is -0.456. The summed E-state index contributed by atoms with van der Waals surface area (Å²) >= 11 is 0. The molecule has 20 heavy (non-hydrogen) atoms. The molecule has 1 N–H and O–H groups in total. The summed E-state index contributed by atoms with van der Waals surface area (Å²) in [4.78, 5) is 35.4. The third kappa shape index (κ3) is 2.03. The van der Waals surface area contributed by atoms with Gasteiger partial charge >= 0.3 is 6.03 Å². The van der Waals surface area contributed by atoms with Crippen molar-refractivity contribution in [2.75, 3.05) is 6.54 Å². The Balaban J connectivity index is 2.43. The predicted molar refractivity (Wildman–Crippen MR) is 70.9 cm³/mol. The van der Waals surface area contributed by atoms with Crippen LogP contribution in [0.5, 0.6) is 0 Å². The number of nitro groups is 1. The molecule has 1 unspecified atom stereocenters. The van der Waals surface area contributed by atoms with Crippen LogP contribution in [0.25, 0.3) is 0 Å². The van der Waals surface area contributed by atoms with Gasteiger partial charge in [-0.25, -0.2) is 4.79 Å². The van der Waals surface area contributed by atoms with Gasteiger partial charge < -0.3 is 5.32 Å². The highest BCUT2D eigenvalue weighted by atomic mass is 16.6. The second-order valence-electron chi connectivity index (χ2n) is 4.57. The number of nitrogens with one attached hydrogen (secondary N) is 1. The van der Waals surface area contributed by atoms with E-state index in [1.807, 2.05) is 0 Å². The Morgan fingerprint density at radius 1 is 1.50 bits per heavy atom. The number of imide groups is 1. The first-order valence-electron chi connectivity index (χ1n) is 5.90. The van der Waals surface area contributed by atoms with Gasteiger partial charge in [-0.15, -0.1) is 6.58 Å². The molecule has 0 radical (unpaired) electrons. The molecule has 1 aromatic rings. The van der Waals surface area contributed by atoms with E-state index in [0.717, 1.165) is 4.90 Å². The minimum atomic E-state index is -1.30. The average molecular weight is 275 g/mol. The van der Waals surface area contributed by atoms with Crippen molar-refractivity contribution in [2.24, 2.45) is 0 Å². The summed E-state index contributed by atoms with van der Waals surface area (Å²) in [5.41, 5.74) is -1.06. The number of carbonyl (C=O) groups is 2.